The molecule has 1 fully saturated rings. The van der Waals surface area contributed by atoms with Gasteiger partial charge >= 0.3 is 0 Å². The average molecular weight is 461 g/mol. The quantitative estimate of drug-likeness (QED) is 0.365. The average Bonchev–Trinajstić information content (AvgIpc) is 3.22. The monoisotopic (exact) mass is 460 g/mol. The highest BCUT2D eigenvalue weighted by Gasteiger charge is 2.30. The molecule has 0 spiro atoms. The summed E-state index contributed by atoms with van der Waals surface area (Å²) in [5.41, 5.74) is 3.73. The zero-order chi connectivity index (χ0) is 23.3. The van der Waals surface area contributed by atoms with E-state index in [1.54, 1.807) is 18.5 Å². The fourth-order valence-corrected chi connectivity index (χ4v) is 5.62. The van der Waals surface area contributed by atoms with Gasteiger partial charge in [-0.2, -0.15) is 0 Å². The molecule has 1 atom stereocenters. The van der Waals surface area contributed by atoms with Gasteiger partial charge in [-0.25, -0.2) is 4.39 Å². The first-order chi connectivity index (χ1) is 16.7. The van der Waals surface area contributed by atoms with Crippen molar-refractivity contribution in [1.29, 1.82) is 0 Å². The molecule has 1 saturated carbocycles. The smallest absolute Gasteiger partial charge is 0.145 e. The highest BCUT2D eigenvalue weighted by Crippen LogP contribution is 2.33. The Morgan fingerprint density at radius 2 is 1.97 bits per heavy atom. The minimum absolute atomic E-state index is 0.130. The third-order valence-corrected chi connectivity index (χ3v) is 7.58. The van der Waals surface area contributed by atoms with Gasteiger partial charge in [0.05, 0.1) is 23.3 Å². The van der Waals surface area contributed by atoms with Gasteiger partial charge < -0.3 is 4.42 Å². The molecule has 3 heterocycles. The van der Waals surface area contributed by atoms with Crippen molar-refractivity contribution in [2.24, 2.45) is 5.92 Å². The zero-order valence-electron chi connectivity index (χ0n) is 19.7. The Morgan fingerprint density at radius 3 is 2.71 bits per heavy atom. The number of ketones is 1. The number of aromatic nitrogens is 1. The number of furan rings is 1. The van der Waals surface area contributed by atoms with Crippen molar-refractivity contribution in [2.45, 2.75) is 57.3 Å². The van der Waals surface area contributed by atoms with E-state index in [1.165, 1.54) is 24.5 Å². The second kappa shape index (κ2) is 10.6. The number of benzene rings is 1. The van der Waals surface area contributed by atoms with Gasteiger partial charge in [0.2, 0.25) is 0 Å². The van der Waals surface area contributed by atoms with E-state index in [9.17, 15) is 9.18 Å². The van der Waals surface area contributed by atoms with Crippen LogP contribution in [0.3, 0.4) is 0 Å². The fraction of sp³-hybridized carbons (Fsp3) is 0.448. The number of carbonyl (C=O) groups is 1. The molecule has 4 nitrogen and oxygen atoms in total. The number of fused-ring (bicyclic) bond motifs is 1. The summed E-state index contributed by atoms with van der Waals surface area (Å²) in [7, 11) is 0. The molecule has 0 amide bonds. The van der Waals surface area contributed by atoms with Crippen LogP contribution in [-0.2, 0) is 4.79 Å². The topological polar surface area (TPSA) is 46.3 Å². The van der Waals surface area contributed by atoms with Crippen LogP contribution in [0.1, 0.15) is 68.5 Å². The maximum Gasteiger partial charge on any atom is 0.145 e. The number of hydrogen-bond acceptors (Lipinski definition) is 4. The molecular formula is C29H33FN2O2. The van der Waals surface area contributed by atoms with E-state index in [2.05, 4.69) is 16.0 Å². The van der Waals surface area contributed by atoms with Crippen molar-refractivity contribution in [3.8, 4) is 0 Å². The lowest BCUT2D eigenvalue weighted by Crippen LogP contribution is -2.32. The van der Waals surface area contributed by atoms with Crippen LogP contribution in [-0.4, -0.2) is 35.3 Å². The third-order valence-electron chi connectivity index (χ3n) is 7.58. The molecule has 1 aromatic carbocycles. The van der Waals surface area contributed by atoms with Gasteiger partial charge in [0.25, 0.3) is 0 Å². The van der Waals surface area contributed by atoms with Gasteiger partial charge in [-0.15, -0.1) is 0 Å². The van der Waals surface area contributed by atoms with Crippen LogP contribution >= 0.6 is 0 Å². The SMILES string of the molecule is O=C(C1CCCCCC1)C(CCN1CC=C(c2ccc(F)c3ccoc23)CC1)c1ccccn1. The van der Waals surface area contributed by atoms with Gasteiger partial charge in [0.1, 0.15) is 17.2 Å². The Labute approximate surface area is 200 Å². The van der Waals surface area contributed by atoms with Crippen molar-refractivity contribution < 1.29 is 13.6 Å². The molecule has 2 aromatic heterocycles. The zero-order valence-corrected chi connectivity index (χ0v) is 19.7. The number of rotatable bonds is 7. The maximum absolute atomic E-state index is 14.0. The minimum Gasteiger partial charge on any atom is -0.464 e. The lowest BCUT2D eigenvalue weighted by atomic mass is 9.83. The number of carbonyl (C=O) groups excluding carboxylic acids is 1. The maximum atomic E-state index is 14.0. The molecule has 0 bridgehead atoms. The number of pyridine rings is 1. The lowest BCUT2D eigenvalue weighted by Gasteiger charge is -2.29. The highest BCUT2D eigenvalue weighted by molar-refractivity contribution is 5.90. The van der Waals surface area contributed by atoms with Crippen LogP contribution in [0.4, 0.5) is 4.39 Å². The van der Waals surface area contributed by atoms with Gasteiger partial charge in [0, 0.05) is 30.8 Å². The van der Waals surface area contributed by atoms with Gasteiger partial charge in [-0.3, -0.25) is 14.7 Å². The molecule has 1 unspecified atom stereocenters. The molecule has 5 rings (SSSR count). The Bertz CT molecular complexity index is 1150. The minimum atomic E-state index is -0.246. The second-order valence-electron chi connectivity index (χ2n) is 9.73. The summed E-state index contributed by atoms with van der Waals surface area (Å²) in [4.78, 5) is 20.6. The van der Waals surface area contributed by atoms with Gasteiger partial charge in [-0.1, -0.05) is 37.8 Å². The van der Waals surface area contributed by atoms with Crippen LogP contribution in [0.15, 0.2) is 59.4 Å². The molecule has 2 aliphatic rings. The van der Waals surface area contributed by atoms with Crippen molar-refractivity contribution in [2.75, 3.05) is 19.6 Å². The molecule has 3 aromatic rings. The largest absolute Gasteiger partial charge is 0.464 e. The standard InChI is InChI=1S/C29H33FN2O2/c30-26-11-10-23(29-24(26)15-20-34-29)21-12-17-32(18-13-21)19-14-25(27-9-5-6-16-31-27)28(33)22-7-3-1-2-4-8-22/h5-6,9-12,15-16,20,22,25H,1-4,7-8,13-14,17-19H2. The van der Waals surface area contributed by atoms with E-state index in [0.29, 0.717) is 16.8 Å². The van der Waals surface area contributed by atoms with Crippen LogP contribution < -0.4 is 0 Å². The van der Waals surface area contributed by atoms with Crippen molar-refractivity contribution >= 4 is 22.3 Å². The summed E-state index contributed by atoms with van der Waals surface area (Å²) in [6.07, 6.45) is 14.1. The first-order valence-corrected chi connectivity index (χ1v) is 12.7. The Balaban J connectivity index is 1.27. The van der Waals surface area contributed by atoms with E-state index < -0.39 is 0 Å². The molecule has 1 aliphatic carbocycles. The van der Waals surface area contributed by atoms with E-state index >= 15 is 0 Å². The fourth-order valence-electron chi connectivity index (χ4n) is 5.62. The number of halogens is 1. The highest BCUT2D eigenvalue weighted by atomic mass is 19.1. The van der Waals surface area contributed by atoms with E-state index in [-0.39, 0.29) is 17.7 Å². The predicted octanol–water partition coefficient (Wildman–Crippen LogP) is 6.77. The Kier molecular flexibility index (Phi) is 7.19. The number of hydrogen-bond donors (Lipinski definition) is 0. The lowest BCUT2D eigenvalue weighted by molar-refractivity contribution is -0.125. The van der Waals surface area contributed by atoms with E-state index in [1.807, 2.05) is 24.3 Å². The summed E-state index contributed by atoms with van der Waals surface area (Å²) in [5, 5.41) is 0.538. The normalized spacial score (nSPS) is 19.0. The number of Topliss-reactive ketones (excluding diaryl/α,β-unsaturated/α-hetero) is 1. The summed E-state index contributed by atoms with van der Waals surface area (Å²) in [6, 6.07) is 11.0. The third kappa shape index (κ3) is 5.00. The predicted molar refractivity (Wildman–Crippen MR) is 133 cm³/mol. The van der Waals surface area contributed by atoms with Crippen molar-refractivity contribution in [3.05, 3.63) is 72.0 Å². The summed E-state index contributed by atoms with van der Waals surface area (Å²) >= 11 is 0. The summed E-state index contributed by atoms with van der Waals surface area (Å²) in [6.45, 7) is 2.60. The molecule has 5 heteroatoms. The molecule has 178 valence electrons. The summed E-state index contributed by atoms with van der Waals surface area (Å²) < 4.78 is 19.6. The summed E-state index contributed by atoms with van der Waals surface area (Å²) in [5.74, 6) is 0.191. The molecule has 34 heavy (non-hydrogen) atoms. The van der Waals surface area contributed by atoms with E-state index in [0.717, 1.165) is 69.4 Å². The van der Waals surface area contributed by atoms with Crippen molar-refractivity contribution in [3.63, 3.8) is 0 Å². The van der Waals surface area contributed by atoms with Crippen LogP contribution in [0.25, 0.3) is 16.5 Å². The molecular weight excluding hydrogens is 427 g/mol. The number of nitrogens with zero attached hydrogens (tertiary/aromatic N) is 2. The first-order valence-electron chi connectivity index (χ1n) is 12.7. The Morgan fingerprint density at radius 1 is 1.12 bits per heavy atom. The molecule has 0 radical (unpaired) electrons. The Hall–Kier alpha value is -2.79. The van der Waals surface area contributed by atoms with Gasteiger partial charge in [-0.05, 0) is 68.1 Å². The van der Waals surface area contributed by atoms with Crippen LogP contribution in [0.2, 0.25) is 0 Å². The molecule has 1 aliphatic heterocycles. The first kappa shape index (κ1) is 23.0. The van der Waals surface area contributed by atoms with Gasteiger partial charge in [0.15, 0.2) is 0 Å². The van der Waals surface area contributed by atoms with Crippen LogP contribution in [0, 0.1) is 11.7 Å². The van der Waals surface area contributed by atoms with Crippen LogP contribution in [0.5, 0.6) is 0 Å². The second-order valence-corrected chi connectivity index (χ2v) is 9.73. The molecule has 0 N–H and O–H groups in total. The van der Waals surface area contributed by atoms with Crippen molar-refractivity contribution in [1.82, 2.24) is 9.88 Å². The molecule has 0 saturated heterocycles. The van der Waals surface area contributed by atoms with E-state index in [4.69, 9.17) is 4.42 Å².